The highest BCUT2D eigenvalue weighted by atomic mass is 16.5. The van der Waals surface area contributed by atoms with Crippen LogP contribution < -0.4 is 4.74 Å². The van der Waals surface area contributed by atoms with Crippen LogP contribution in [0.3, 0.4) is 0 Å². The van der Waals surface area contributed by atoms with Gasteiger partial charge in [-0.15, -0.1) is 0 Å². The first-order valence-corrected chi connectivity index (χ1v) is 10.1. The summed E-state index contributed by atoms with van der Waals surface area (Å²) in [6.07, 6.45) is 5.39. The Labute approximate surface area is 152 Å². The van der Waals surface area contributed by atoms with E-state index < -0.39 is 0 Å². The van der Waals surface area contributed by atoms with Crippen LogP contribution in [0.15, 0.2) is 18.2 Å². The van der Waals surface area contributed by atoms with E-state index in [9.17, 15) is 0 Å². The first kappa shape index (κ1) is 16.1. The number of benzene rings is 1. The number of rotatable bonds is 1. The van der Waals surface area contributed by atoms with Crippen LogP contribution in [0.2, 0.25) is 0 Å². The van der Waals surface area contributed by atoms with Crippen molar-refractivity contribution in [2.45, 2.75) is 75.6 Å². The van der Waals surface area contributed by atoms with Crippen molar-refractivity contribution in [2.75, 3.05) is 20.6 Å². The van der Waals surface area contributed by atoms with Crippen LogP contribution in [-0.2, 0) is 11.8 Å². The topological polar surface area (TPSA) is 15.7 Å². The maximum absolute atomic E-state index is 6.78. The van der Waals surface area contributed by atoms with Crippen LogP contribution in [-0.4, -0.2) is 54.2 Å². The fraction of sp³-hybridized carbons (Fsp3) is 0.727. The predicted octanol–water partition coefficient (Wildman–Crippen LogP) is 3.45. The van der Waals surface area contributed by atoms with Crippen LogP contribution in [0.1, 0.15) is 51.2 Å². The molecule has 4 aliphatic rings. The van der Waals surface area contributed by atoms with E-state index in [-0.39, 0.29) is 11.0 Å². The van der Waals surface area contributed by atoms with Gasteiger partial charge in [0.1, 0.15) is 11.9 Å². The van der Waals surface area contributed by atoms with E-state index in [2.05, 4.69) is 62.9 Å². The lowest BCUT2D eigenvalue weighted by Gasteiger charge is -2.60. The molecule has 5 atom stereocenters. The van der Waals surface area contributed by atoms with Crippen molar-refractivity contribution in [3.05, 3.63) is 29.3 Å². The average molecular weight is 341 g/mol. The van der Waals surface area contributed by atoms with E-state index in [1.165, 1.54) is 38.0 Å². The van der Waals surface area contributed by atoms with Crippen molar-refractivity contribution in [1.82, 2.24) is 9.80 Å². The minimum absolute atomic E-state index is 0.175. The van der Waals surface area contributed by atoms with E-state index in [1.807, 2.05) is 0 Å². The monoisotopic (exact) mass is 340 g/mol. The first-order valence-electron chi connectivity index (χ1n) is 10.1. The summed E-state index contributed by atoms with van der Waals surface area (Å²) in [5, 5.41) is 0. The van der Waals surface area contributed by atoms with Gasteiger partial charge in [0, 0.05) is 28.6 Å². The van der Waals surface area contributed by atoms with Gasteiger partial charge in [-0.05, 0) is 84.6 Å². The van der Waals surface area contributed by atoms with E-state index in [0.717, 1.165) is 5.92 Å². The molecule has 3 heteroatoms. The van der Waals surface area contributed by atoms with Gasteiger partial charge in [0.05, 0.1) is 0 Å². The van der Waals surface area contributed by atoms with Gasteiger partial charge in [0.25, 0.3) is 0 Å². The number of likely N-dealkylation sites (tertiary alicyclic amines) is 1. The van der Waals surface area contributed by atoms with E-state index in [4.69, 9.17) is 4.74 Å². The molecule has 2 bridgehead atoms. The first-order chi connectivity index (χ1) is 11.8. The normalized spacial score (nSPS) is 39.3. The molecule has 3 nitrogen and oxygen atoms in total. The molecule has 2 heterocycles. The lowest BCUT2D eigenvalue weighted by Crippen LogP contribution is -2.69. The molecule has 2 fully saturated rings. The molecular weight excluding hydrogens is 308 g/mol. The van der Waals surface area contributed by atoms with Crippen LogP contribution in [0.5, 0.6) is 5.75 Å². The van der Waals surface area contributed by atoms with Crippen molar-refractivity contribution >= 4 is 0 Å². The molecular formula is C22H32N2O. The Balaban J connectivity index is 1.67. The van der Waals surface area contributed by atoms with E-state index >= 15 is 0 Å². The second kappa shape index (κ2) is 5.01. The molecule has 2 aliphatic carbocycles. The summed E-state index contributed by atoms with van der Waals surface area (Å²) < 4.78 is 6.78. The Bertz CT molecular complexity index is 708. The van der Waals surface area contributed by atoms with Gasteiger partial charge in [-0.3, -0.25) is 4.90 Å². The summed E-state index contributed by atoms with van der Waals surface area (Å²) >= 11 is 0. The summed E-state index contributed by atoms with van der Waals surface area (Å²) in [5.74, 6) is 1.96. The molecule has 1 unspecified atom stereocenters. The summed E-state index contributed by atoms with van der Waals surface area (Å²) in [5.41, 5.74) is 3.59. The molecule has 0 radical (unpaired) electrons. The number of piperidine rings is 1. The minimum atomic E-state index is 0.175. The lowest BCUT2D eigenvalue weighted by atomic mass is 9.51. The molecule has 2 aliphatic heterocycles. The Hall–Kier alpha value is -1.06. The highest BCUT2D eigenvalue weighted by Gasteiger charge is 2.65. The summed E-state index contributed by atoms with van der Waals surface area (Å²) in [6, 6.07) is 8.02. The summed E-state index contributed by atoms with van der Waals surface area (Å²) in [7, 11) is 4.65. The standard InChI is InChI=1S/C22H32N2O/c1-21(2,3)24(5)16-10-9-15-17-13-14-7-6-8-18-19(14)22(15,20(16)25-18)11-12-23(17)4/h6-8,15-17,20H,9-13H2,1-5H3/t15?,16-,17+,20-,22-/m0/s1. The van der Waals surface area contributed by atoms with Crippen molar-refractivity contribution in [3.63, 3.8) is 0 Å². The second-order valence-electron chi connectivity index (χ2n) is 9.90. The quantitative estimate of drug-likeness (QED) is 0.779. The highest BCUT2D eigenvalue weighted by Crippen LogP contribution is 2.62. The van der Waals surface area contributed by atoms with Gasteiger partial charge in [0.2, 0.25) is 0 Å². The molecule has 5 rings (SSSR count). The molecule has 1 saturated heterocycles. The zero-order valence-corrected chi connectivity index (χ0v) is 16.4. The molecule has 0 N–H and O–H groups in total. The fourth-order valence-corrected chi connectivity index (χ4v) is 6.58. The number of ether oxygens (including phenoxy) is 1. The zero-order chi connectivity index (χ0) is 17.6. The molecule has 0 amide bonds. The number of hydrogen-bond acceptors (Lipinski definition) is 3. The third-order valence-electron chi connectivity index (χ3n) is 8.02. The van der Waals surface area contributed by atoms with Crippen molar-refractivity contribution < 1.29 is 4.74 Å². The minimum Gasteiger partial charge on any atom is -0.488 e. The average Bonchev–Trinajstić information content (AvgIpc) is 2.90. The smallest absolute Gasteiger partial charge is 0.124 e. The molecule has 1 aromatic rings. The zero-order valence-electron chi connectivity index (χ0n) is 16.4. The SMILES string of the molecule is CN1CC[C@]23c4c5cccc4O[C@H]2[C@@H](N(C)C(C)(C)C)CCC3[C@H]1C5. The third-order valence-corrected chi connectivity index (χ3v) is 8.02. The largest absolute Gasteiger partial charge is 0.488 e. The van der Waals surface area contributed by atoms with Crippen LogP contribution in [0, 0.1) is 5.92 Å². The second-order valence-corrected chi connectivity index (χ2v) is 9.90. The van der Waals surface area contributed by atoms with Crippen LogP contribution in [0.25, 0.3) is 0 Å². The van der Waals surface area contributed by atoms with Crippen LogP contribution in [0.4, 0.5) is 0 Å². The molecule has 136 valence electrons. The van der Waals surface area contributed by atoms with Crippen molar-refractivity contribution in [2.24, 2.45) is 5.92 Å². The number of likely N-dealkylation sites (N-methyl/N-ethyl adjacent to an activating group) is 2. The fourth-order valence-electron chi connectivity index (χ4n) is 6.58. The van der Waals surface area contributed by atoms with Crippen molar-refractivity contribution in [3.8, 4) is 5.75 Å². The van der Waals surface area contributed by atoms with Gasteiger partial charge >= 0.3 is 0 Å². The Morgan fingerprint density at radius 2 is 2.04 bits per heavy atom. The van der Waals surface area contributed by atoms with E-state index in [0.29, 0.717) is 18.2 Å². The molecule has 0 aromatic heterocycles. The lowest BCUT2D eigenvalue weighted by molar-refractivity contribution is -0.0920. The Morgan fingerprint density at radius 1 is 1.24 bits per heavy atom. The number of nitrogens with zero attached hydrogens (tertiary/aromatic N) is 2. The third kappa shape index (κ3) is 1.94. The predicted molar refractivity (Wildman–Crippen MR) is 101 cm³/mol. The van der Waals surface area contributed by atoms with Gasteiger partial charge in [-0.25, -0.2) is 0 Å². The number of hydrogen-bond donors (Lipinski definition) is 0. The Morgan fingerprint density at radius 3 is 2.80 bits per heavy atom. The maximum atomic E-state index is 6.78. The van der Waals surface area contributed by atoms with Gasteiger partial charge in [0.15, 0.2) is 0 Å². The van der Waals surface area contributed by atoms with Gasteiger partial charge < -0.3 is 9.64 Å². The van der Waals surface area contributed by atoms with E-state index in [1.54, 1.807) is 11.1 Å². The molecule has 1 saturated carbocycles. The van der Waals surface area contributed by atoms with Crippen molar-refractivity contribution in [1.29, 1.82) is 0 Å². The summed E-state index contributed by atoms with van der Waals surface area (Å²) in [6.45, 7) is 8.22. The molecule has 1 spiro atoms. The van der Waals surface area contributed by atoms with Gasteiger partial charge in [-0.2, -0.15) is 0 Å². The molecule has 25 heavy (non-hydrogen) atoms. The summed E-state index contributed by atoms with van der Waals surface area (Å²) in [4.78, 5) is 5.23. The Kier molecular flexibility index (Phi) is 3.24. The maximum Gasteiger partial charge on any atom is 0.124 e. The molecule has 1 aromatic carbocycles. The highest BCUT2D eigenvalue weighted by molar-refractivity contribution is 5.55. The van der Waals surface area contributed by atoms with Crippen LogP contribution >= 0.6 is 0 Å². The van der Waals surface area contributed by atoms with Gasteiger partial charge in [-0.1, -0.05) is 12.1 Å².